The SMILES string of the molecule is C[O-].C[O-].C[Si](C)=[Zr+2].[C-]1=CC=CC1.[C-]1=CC=CC1. The summed E-state index contributed by atoms with van der Waals surface area (Å²) < 4.78 is 0. The van der Waals surface area contributed by atoms with Gasteiger partial charge in [-0.05, 0) is 0 Å². The summed E-state index contributed by atoms with van der Waals surface area (Å²) in [4.78, 5) is 0. The van der Waals surface area contributed by atoms with Crippen molar-refractivity contribution in [3.63, 3.8) is 0 Å². The number of hydrogen-bond acceptors (Lipinski definition) is 2. The maximum absolute atomic E-state index is 8.25. The summed E-state index contributed by atoms with van der Waals surface area (Å²) in [6.07, 6.45) is 20.0. The van der Waals surface area contributed by atoms with E-state index in [0.717, 1.165) is 27.1 Å². The van der Waals surface area contributed by atoms with E-state index in [2.05, 4.69) is 37.4 Å². The van der Waals surface area contributed by atoms with Gasteiger partial charge in [0.15, 0.2) is 0 Å². The zero-order chi connectivity index (χ0) is 14.6. The molecular formula is C14H22O2SiZr-2. The molecule has 2 rings (SSSR count). The molecule has 0 aromatic rings. The molecule has 0 bridgehead atoms. The van der Waals surface area contributed by atoms with Crippen molar-refractivity contribution < 1.29 is 33.5 Å². The molecule has 0 fully saturated rings. The molecule has 0 atom stereocenters. The molecule has 0 saturated carbocycles. The summed E-state index contributed by atoms with van der Waals surface area (Å²) in [5, 5.41) is 16.5. The molecule has 2 nitrogen and oxygen atoms in total. The Morgan fingerprint density at radius 2 is 1.17 bits per heavy atom. The molecule has 0 amide bonds. The molecule has 0 spiro atoms. The van der Waals surface area contributed by atoms with Gasteiger partial charge in [0, 0.05) is 0 Å². The summed E-state index contributed by atoms with van der Waals surface area (Å²) >= 11 is 1.74. The Balaban J connectivity index is -0.000000166. The van der Waals surface area contributed by atoms with E-state index in [9.17, 15) is 0 Å². The normalized spacial score (nSPS) is 12.0. The largest absolute Gasteiger partial charge is 0.273 e. The standard InChI is InChI=1S/2C5H5.C2H6Si.2CH3O.Zr/c2*1-2-4-5-3-1;1-3-2;2*1-2;/h2*1-3H,4H2;1-2H3;2*1H3;/q2*-1;;2*-1;+2. The summed E-state index contributed by atoms with van der Waals surface area (Å²) in [6.45, 7) is 4.62. The average Bonchev–Trinajstić information content (AvgIpc) is 3.11. The van der Waals surface area contributed by atoms with Gasteiger partial charge in [-0.15, -0.1) is 12.8 Å². The van der Waals surface area contributed by atoms with Crippen LogP contribution in [-0.2, 0) is 23.3 Å². The molecular weight excluding hydrogens is 319 g/mol. The van der Waals surface area contributed by atoms with Crippen LogP contribution in [0.2, 0.25) is 13.1 Å². The Labute approximate surface area is 127 Å². The van der Waals surface area contributed by atoms with Crippen LogP contribution in [0.4, 0.5) is 0 Å². The Hall–Kier alpha value is -0.0200. The molecule has 0 aromatic carbocycles. The molecule has 0 aromatic heterocycles. The molecule has 0 saturated heterocycles. The Bertz CT molecular complexity index is 223. The monoisotopic (exact) mass is 340 g/mol. The predicted molar refractivity (Wildman–Crippen MR) is 72.5 cm³/mol. The third-order valence-corrected chi connectivity index (χ3v) is 1.17. The van der Waals surface area contributed by atoms with Gasteiger partial charge in [0.05, 0.1) is 0 Å². The summed E-state index contributed by atoms with van der Waals surface area (Å²) in [5.41, 5.74) is 0.210. The van der Waals surface area contributed by atoms with Gasteiger partial charge in [-0.3, -0.25) is 12.2 Å². The average molecular weight is 342 g/mol. The van der Waals surface area contributed by atoms with Crippen molar-refractivity contribution in [3.05, 3.63) is 48.6 Å². The second-order valence-corrected chi connectivity index (χ2v) is 12.4. The van der Waals surface area contributed by atoms with E-state index in [-0.39, 0.29) is 5.43 Å². The van der Waals surface area contributed by atoms with Crippen molar-refractivity contribution in [2.45, 2.75) is 25.9 Å². The van der Waals surface area contributed by atoms with E-state index < -0.39 is 0 Å². The molecule has 0 N–H and O–H groups in total. The fraction of sp³-hybridized carbons (Fsp3) is 0.429. The third-order valence-electron chi connectivity index (χ3n) is 1.17. The van der Waals surface area contributed by atoms with Gasteiger partial charge in [0.25, 0.3) is 0 Å². The summed E-state index contributed by atoms with van der Waals surface area (Å²) in [5.74, 6) is 0. The molecule has 0 aliphatic heterocycles. The van der Waals surface area contributed by atoms with Gasteiger partial charge in [-0.25, -0.2) is 24.3 Å². The van der Waals surface area contributed by atoms with Crippen LogP contribution >= 0.6 is 0 Å². The van der Waals surface area contributed by atoms with Crippen molar-refractivity contribution in [2.75, 3.05) is 14.2 Å². The summed E-state index contributed by atoms with van der Waals surface area (Å²) in [6, 6.07) is 0. The van der Waals surface area contributed by atoms with E-state index in [4.69, 9.17) is 10.2 Å². The van der Waals surface area contributed by atoms with Gasteiger partial charge in [-0.1, -0.05) is 0 Å². The topological polar surface area (TPSA) is 46.1 Å². The van der Waals surface area contributed by atoms with Crippen LogP contribution in [0.3, 0.4) is 0 Å². The van der Waals surface area contributed by atoms with Crippen LogP contribution < -0.4 is 10.2 Å². The number of hydrogen-bond donors (Lipinski definition) is 0. The molecule has 0 unspecified atom stereocenters. The molecule has 0 heterocycles. The first kappa shape index (κ1) is 23.1. The van der Waals surface area contributed by atoms with Crippen molar-refractivity contribution in [3.8, 4) is 0 Å². The van der Waals surface area contributed by atoms with E-state index in [1.807, 2.05) is 24.3 Å². The molecule has 2 aliphatic carbocycles. The number of allylic oxidation sites excluding steroid dienone is 8. The first-order valence-corrected chi connectivity index (χ1v) is 11.7. The van der Waals surface area contributed by atoms with Crippen LogP contribution in [0.5, 0.6) is 0 Å². The van der Waals surface area contributed by atoms with Crippen molar-refractivity contribution in [1.82, 2.24) is 0 Å². The molecule has 4 heteroatoms. The van der Waals surface area contributed by atoms with Crippen molar-refractivity contribution >= 4 is 5.43 Å². The minimum absolute atomic E-state index is 0.210. The van der Waals surface area contributed by atoms with Crippen LogP contribution in [0, 0.1) is 12.2 Å². The van der Waals surface area contributed by atoms with Crippen LogP contribution in [0.25, 0.3) is 0 Å². The van der Waals surface area contributed by atoms with E-state index >= 15 is 0 Å². The van der Waals surface area contributed by atoms with E-state index in [1.165, 1.54) is 0 Å². The van der Waals surface area contributed by atoms with Crippen LogP contribution in [-0.4, -0.2) is 19.7 Å². The summed E-state index contributed by atoms with van der Waals surface area (Å²) in [7, 11) is 1.50. The van der Waals surface area contributed by atoms with Gasteiger partial charge >= 0.3 is 41.9 Å². The fourth-order valence-electron chi connectivity index (χ4n) is 0.680. The molecule has 0 radical (unpaired) electrons. The minimum atomic E-state index is 0.210. The smallest absolute Gasteiger partial charge is 0.109 e. The van der Waals surface area contributed by atoms with Gasteiger partial charge in [0.2, 0.25) is 0 Å². The molecule has 100 valence electrons. The second kappa shape index (κ2) is 25.7. The Kier molecular flexibility index (Phi) is 33.0. The molecule has 2 aliphatic rings. The Morgan fingerprint density at radius 1 is 0.889 bits per heavy atom. The molecule has 18 heavy (non-hydrogen) atoms. The second-order valence-electron chi connectivity index (χ2n) is 3.01. The van der Waals surface area contributed by atoms with Gasteiger partial charge in [0.1, 0.15) is 0 Å². The predicted octanol–water partition coefficient (Wildman–Crippen LogP) is 1.35. The Morgan fingerprint density at radius 3 is 1.22 bits per heavy atom. The maximum atomic E-state index is 8.25. The van der Waals surface area contributed by atoms with Crippen LogP contribution in [0.15, 0.2) is 36.5 Å². The maximum Gasteiger partial charge on any atom is -0.109 e. The zero-order valence-corrected chi connectivity index (χ0v) is 15.2. The van der Waals surface area contributed by atoms with Crippen molar-refractivity contribution in [2.24, 2.45) is 0 Å². The zero-order valence-electron chi connectivity index (χ0n) is 11.7. The first-order chi connectivity index (χ1) is 8.73. The van der Waals surface area contributed by atoms with E-state index in [0.29, 0.717) is 0 Å². The number of rotatable bonds is 0. The first-order valence-electron chi connectivity index (χ1n) is 5.50. The van der Waals surface area contributed by atoms with Crippen molar-refractivity contribution in [1.29, 1.82) is 0 Å². The fourth-order valence-corrected chi connectivity index (χ4v) is 0.680. The minimum Gasteiger partial charge on any atom is -0.273 e. The van der Waals surface area contributed by atoms with E-state index in [1.54, 1.807) is 23.3 Å². The quantitative estimate of drug-likeness (QED) is 0.493. The third kappa shape index (κ3) is 36.0. The van der Waals surface area contributed by atoms with Crippen LogP contribution in [0.1, 0.15) is 12.8 Å². The van der Waals surface area contributed by atoms with Gasteiger partial charge in [-0.2, -0.15) is 26.4 Å². The van der Waals surface area contributed by atoms with Gasteiger partial charge < -0.3 is 10.2 Å².